The third-order valence-corrected chi connectivity index (χ3v) is 3.65. The van der Waals surface area contributed by atoms with Crippen LogP contribution in [0, 0.1) is 11.8 Å². The molecule has 0 saturated heterocycles. The van der Waals surface area contributed by atoms with Crippen molar-refractivity contribution < 1.29 is 19.1 Å². The lowest BCUT2D eigenvalue weighted by molar-refractivity contribution is -0.153. The summed E-state index contributed by atoms with van der Waals surface area (Å²) in [6.07, 6.45) is 8.02. The predicted octanol–water partition coefficient (Wildman–Crippen LogP) is 2.01. The molecule has 0 bridgehead atoms. The van der Waals surface area contributed by atoms with Gasteiger partial charge in [0.2, 0.25) is 0 Å². The third-order valence-electron chi connectivity index (χ3n) is 3.65. The number of allylic oxidation sites excluding steroid dienone is 2. The molecule has 98 valence electrons. The fraction of sp³-hybridized carbons (Fsp3) is 0.571. The third kappa shape index (κ3) is 2.33. The van der Waals surface area contributed by atoms with Gasteiger partial charge in [-0.15, -0.1) is 0 Å². The first-order valence-corrected chi connectivity index (χ1v) is 6.24. The molecular weight excluding hydrogens is 232 g/mol. The molecule has 0 aromatic rings. The number of fused-ring (bicyclic) bond motifs is 1. The molecule has 0 N–H and O–H groups in total. The molecule has 2 rings (SSSR count). The normalized spacial score (nSPS) is 26.6. The highest BCUT2D eigenvalue weighted by Gasteiger charge is 2.36. The lowest BCUT2D eigenvalue weighted by Crippen LogP contribution is -2.32. The van der Waals surface area contributed by atoms with E-state index in [0.29, 0.717) is 0 Å². The number of carbonyl (C=O) groups excluding carboxylic acids is 2. The molecule has 2 unspecified atom stereocenters. The van der Waals surface area contributed by atoms with Gasteiger partial charge in [0.1, 0.15) is 0 Å². The summed E-state index contributed by atoms with van der Waals surface area (Å²) in [4.78, 5) is 23.5. The van der Waals surface area contributed by atoms with Crippen LogP contribution in [0.25, 0.3) is 0 Å². The maximum atomic E-state index is 11.8. The van der Waals surface area contributed by atoms with Crippen LogP contribution in [0.1, 0.15) is 25.7 Å². The van der Waals surface area contributed by atoms with Crippen LogP contribution in [-0.4, -0.2) is 26.2 Å². The SMILES string of the molecule is COC(=O)C1C=C2CCCCC2=CC1C(=O)OC. The highest BCUT2D eigenvalue weighted by molar-refractivity contribution is 5.86. The molecule has 2 aliphatic carbocycles. The zero-order chi connectivity index (χ0) is 13.1. The molecule has 4 heteroatoms. The zero-order valence-electron chi connectivity index (χ0n) is 10.8. The Hall–Kier alpha value is -1.58. The second kappa shape index (κ2) is 5.38. The minimum Gasteiger partial charge on any atom is -0.469 e. The quantitative estimate of drug-likeness (QED) is 0.703. The summed E-state index contributed by atoms with van der Waals surface area (Å²) in [6, 6.07) is 0. The van der Waals surface area contributed by atoms with E-state index in [1.807, 2.05) is 12.2 Å². The Bertz CT molecular complexity index is 380. The van der Waals surface area contributed by atoms with E-state index in [1.54, 1.807) is 0 Å². The Morgan fingerprint density at radius 1 is 0.944 bits per heavy atom. The molecule has 0 amide bonds. The molecule has 0 spiro atoms. The minimum absolute atomic E-state index is 0.376. The molecule has 1 saturated carbocycles. The number of hydrogen-bond donors (Lipinski definition) is 0. The highest BCUT2D eigenvalue weighted by Crippen LogP contribution is 2.37. The average Bonchev–Trinajstić information content (AvgIpc) is 2.44. The lowest BCUT2D eigenvalue weighted by Gasteiger charge is -2.28. The van der Waals surface area contributed by atoms with Crippen LogP contribution in [0.4, 0.5) is 0 Å². The van der Waals surface area contributed by atoms with Crippen LogP contribution in [-0.2, 0) is 19.1 Å². The summed E-state index contributed by atoms with van der Waals surface area (Å²) in [6.45, 7) is 0. The predicted molar refractivity (Wildman–Crippen MR) is 65.6 cm³/mol. The Balaban J connectivity index is 2.31. The number of ether oxygens (including phenoxy) is 2. The van der Waals surface area contributed by atoms with Gasteiger partial charge >= 0.3 is 11.9 Å². The molecular formula is C14H18O4. The first-order valence-electron chi connectivity index (χ1n) is 6.24. The van der Waals surface area contributed by atoms with Crippen LogP contribution < -0.4 is 0 Å². The number of hydrogen-bond acceptors (Lipinski definition) is 4. The molecule has 2 atom stereocenters. The number of carbonyl (C=O) groups is 2. The smallest absolute Gasteiger partial charge is 0.313 e. The Kier molecular flexibility index (Phi) is 3.84. The van der Waals surface area contributed by atoms with Crippen molar-refractivity contribution in [1.82, 2.24) is 0 Å². The monoisotopic (exact) mass is 250 g/mol. The number of rotatable bonds is 2. The molecule has 0 radical (unpaired) electrons. The summed E-state index contributed by atoms with van der Waals surface area (Å²) in [5.74, 6) is -1.84. The summed E-state index contributed by atoms with van der Waals surface area (Å²) in [7, 11) is 2.69. The molecule has 0 aliphatic heterocycles. The molecule has 18 heavy (non-hydrogen) atoms. The van der Waals surface area contributed by atoms with E-state index in [9.17, 15) is 9.59 Å². The van der Waals surface area contributed by atoms with E-state index in [-0.39, 0.29) is 11.9 Å². The first-order chi connectivity index (χ1) is 8.67. The van der Waals surface area contributed by atoms with Crippen LogP contribution >= 0.6 is 0 Å². The molecule has 0 aromatic heterocycles. The van der Waals surface area contributed by atoms with Gasteiger partial charge in [-0.05, 0) is 36.8 Å². The van der Waals surface area contributed by atoms with Gasteiger partial charge in [0.05, 0.1) is 26.1 Å². The standard InChI is InChI=1S/C14H18O4/c1-17-13(15)11-7-9-5-3-4-6-10(9)8-12(11)14(16)18-2/h7-8,11-12H,3-6H2,1-2H3. The maximum absolute atomic E-state index is 11.8. The topological polar surface area (TPSA) is 52.6 Å². The number of methoxy groups -OCH3 is 2. The van der Waals surface area contributed by atoms with Crippen molar-refractivity contribution in [1.29, 1.82) is 0 Å². The molecule has 1 fully saturated rings. The van der Waals surface area contributed by atoms with Crippen molar-refractivity contribution in [3.05, 3.63) is 23.3 Å². The van der Waals surface area contributed by atoms with Crippen molar-refractivity contribution in [2.45, 2.75) is 25.7 Å². The average molecular weight is 250 g/mol. The van der Waals surface area contributed by atoms with Crippen LogP contribution in [0.3, 0.4) is 0 Å². The van der Waals surface area contributed by atoms with Crippen molar-refractivity contribution >= 4 is 11.9 Å². The maximum Gasteiger partial charge on any atom is 0.313 e. The second-order valence-corrected chi connectivity index (χ2v) is 4.69. The van der Waals surface area contributed by atoms with Gasteiger partial charge in [-0.3, -0.25) is 9.59 Å². The number of esters is 2. The van der Waals surface area contributed by atoms with E-state index in [1.165, 1.54) is 25.4 Å². The lowest BCUT2D eigenvalue weighted by atomic mass is 9.77. The van der Waals surface area contributed by atoms with E-state index in [0.717, 1.165) is 25.7 Å². The first kappa shape index (κ1) is 12.9. The minimum atomic E-state index is -0.542. The van der Waals surface area contributed by atoms with Gasteiger partial charge in [-0.25, -0.2) is 0 Å². The Morgan fingerprint density at radius 2 is 1.33 bits per heavy atom. The van der Waals surface area contributed by atoms with E-state index in [4.69, 9.17) is 9.47 Å². The van der Waals surface area contributed by atoms with E-state index >= 15 is 0 Å². The fourth-order valence-corrected chi connectivity index (χ4v) is 2.68. The summed E-state index contributed by atoms with van der Waals surface area (Å²) in [5.41, 5.74) is 2.38. The van der Waals surface area contributed by atoms with E-state index in [2.05, 4.69) is 0 Å². The largest absolute Gasteiger partial charge is 0.469 e. The van der Waals surface area contributed by atoms with Gasteiger partial charge in [0.15, 0.2) is 0 Å². The molecule has 4 nitrogen and oxygen atoms in total. The zero-order valence-corrected chi connectivity index (χ0v) is 10.8. The molecule has 0 aromatic carbocycles. The van der Waals surface area contributed by atoms with Gasteiger partial charge in [0.25, 0.3) is 0 Å². The highest BCUT2D eigenvalue weighted by atomic mass is 16.5. The Labute approximate surface area is 107 Å². The van der Waals surface area contributed by atoms with Crippen molar-refractivity contribution in [2.75, 3.05) is 14.2 Å². The van der Waals surface area contributed by atoms with Crippen LogP contribution in [0.15, 0.2) is 23.3 Å². The van der Waals surface area contributed by atoms with Crippen molar-refractivity contribution in [3.8, 4) is 0 Å². The van der Waals surface area contributed by atoms with Crippen molar-refractivity contribution in [3.63, 3.8) is 0 Å². The van der Waals surface area contributed by atoms with Crippen LogP contribution in [0.2, 0.25) is 0 Å². The second-order valence-electron chi connectivity index (χ2n) is 4.69. The molecule has 2 aliphatic rings. The Morgan fingerprint density at radius 3 is 1.67 bits per heavy atom. The van der Waals surface area contributed by atoms with Gasteiger partial charge < -0.3 is 9.47 Å². The molecule has 0 heterocycles. The van der Waals surface area contributed by atoms with Crippen molar-refractivity contribution in [2.24, 2.45) is 11.8 Å². The summed E-state index contributed by atoms with van der Waals surface area (Å²) in [5, 5.41) is 0. The van der Waals surface area contributed by atoms with E-state index < -0.39 is 11.8 Å². The summed E-state index contributed by atoms with van der Waals surface area (Å²) < 4.78 is 9.55. The van der Waals surface area contributed by atoms with Gasteiger partial charge in [-0.2, -0.15) is 0 Å². The fourth-order valence-electron chi connectivity index (χ4n) is 2.68. The van der Waals surface area contributed by atoms with Gasteiger partial charge in [-0.1, -0.05) is 12.2 Å². The summed E-state index contributed by atoms with van der Waals surface area (Å²) >= 11 is 0. The van der Waals surface area contributed by atoms with Gasteiger partial charge in [0, 0.05) is 0 Å². The van der Waals surface area contributed by atoms with Crippen LogP contribution in [0.5, 0.6) is 0 Å².